The van der Waals surface area contributed by atoms with E-state index in [2.05, 4.69) is 15.9 Å². The molecule has 0 amide bonds. The number of aromatic hydroxyl groups is 1. The third-order valence-electron chi connectivity index (χ3n) is 2.56. The number of hydrogen-bond donors (Lipinski definition) is 2. The first-order valence-corrected chi connectivity index (χ1v) is 6.36. The van der Waals surface area contributed by atoms with Gasteiger partial charge in [-0.25, -0.2) is 0 Å². The number of halogens is 1. The summed E-state index contributed by atoms with van der Waals surface area (Å²) in [6.07, 6.45) is 1.09. The topological polar surface area (TPSA) is 57.5 Å². The van der Waals surface area contributed by atoms with Crippen molar-refractivity contribution in [2.45, 2.75) is 0 Å². The van der Waals surface area contributed by atoms with Gasteiger partial charge in [-0.15, -0.1) is 0 Å². The number of allylic oxidation sites excluding steroid dienone is 1. The molecule has 2 aromatic rings. The molecule has 2 aromatic carbocycles. The summed E-state index contributed by atoms with van der Waals surface area (Å²) < 4.78 is 0.682. The molecule has 0 aliphatic heterocycles. The molecular formula is C15H11BrO3. The Labute approximate surface area is 119 Å². The number of ketones is 1. The summed E-state index contributed by atoms with van der Waals surface area (Å²) in [5.74, 6) is -0.713. The quantitative estimate of drug-likeness (QED) is 0.512. The molecule has 0 fully saturated rings. The number of aliphatic hydroxyl groups is 1. The molecule has 0 saturated carbocycles. The fraction of sp³-hybridized carbons (Fsp3) is 0. The number of hydrogen-bond acceptors (Lipinski definition) is 3. The Morgan fingerprint density at radius 2 is 1.79 bits per heavy atom. The maximum Gasteiger partial charge on any atom is 0.193 e. The summed E-state index contributed by atoms with van der Waals surface area (Å²) in [5.41, 5.74) is 0.683. The highest BCUT2D eigenvalue weighted by Gasteiger charge is 2.11. The Morgan fingerprint density at radius 3 is 2.47 bits per heavy atom. The van der Waals surface area contributed by atoms with E-state index in [1.165, 1.54) is 12.1 Å². The van der Waals surface area contributed by atoms with E-state index < -0.39 is 5.78 Å². The Hall–Kier alpha value is -2.07. The number of rotatable bonds is 3. The average Bonchev–Trinajstić information content (AvgIpc) is 2.42. The van der Waals surface area contributed by atoms with Crippen LogP contribution in [-0.4, -0.2) is 16.0 Å². The summed E-state index contributed by atoms with van der Waals surface area (Å²) in [7, 11) is 0. The molecule has 2 N–H and O–H groups in total. The van der Waals surface area contributed by atoms with Crippen LogP contribution in [0.3, 0.4) is 0 Å². The highest BCUT2D eigenvalue weighted by atomic mass is 79.9. The molecule has 4 heteroatoms. The number of aliphatic hydroxyl groups excluding tert-OH is 1. The van der Waals surface area contributed by atoms with Gasteiger partial charge < -0.3 is 10.2 Å². The fourth-order valence-electron chi connectivity index (χ4n) is 1.60. The van der Waals surface area contributed by atoms with E-state index in [1.807, 2.05) is 6.07 Å². The average molecular weight is 319 g/mol. The molecule has 0 unspecified atom stereocenters. The van der Waals surface area contributed by atoms with Crippen molar-refractivity contribution in [2.24, 2.45) is 0 Å². The Morgan fingerprint density at radius 1 is 1.11 bits per heavy atom. The lowest BCUT2D eigenvalue weighted by molar-refractivity contribution is 0.104. The van der Waals surface area contributed by atoms with Gasteiger partial charge >= 0.3 is 0 Å². The zero-order valence-electron chi connectivity index (χ0n) is 9.88. The minimum absolute atomic E-state index is 0.120. The Kier molecular flexibility index (Phi) is 4.02. The second-order valence-corrected chi connectivity index (χ2v) is 4.84. The third kappa shape index (κ3) is 3.23. The van der Waals surface area contributed by atoms with E-state index in [9.17, 15) is 15.0 Å². The zero-order chi connectivity index (χ0) is 13.8. The van der Waals surface area contributed by atoms with Crippen molar-refractivity contribution in [3.63, 3.8) is 0 Å². The van der Waals surface area contributed by atoms with Crippen molar-refractivity contribution in [2.75, 3.05) is 0 Å². The molecule has 0 aliphatic carbocycles. The monoisotopic (exact) mass is 318 g/mol. The fourth-order valence-corrected chi connectivity index (χ4v) is 1.96. The SMILES string of the molecule is O=C(/C=C(\O)c1ccccc1)c1cc(Br)ccc1O. The predicted octanol–water partition coefficient (Wildman–Crippen LogP) is 3.94. The summed E-state index contributed by atoms with van der Waals surface area (Å²) in [4.78, 5) is 12.0. The van der Waals surface area contributed by atoms with Crippen molar-refractivity contribution in [3.05, 3.63) is 70.2 Å². The van der Waals surface area contributed by atoms with E-state index in [0.717, 1.165) is 6.08 Å². The maximum absolute atomic E-state index is 12.0. The van der Waals surface area contributed by atoms with Crippen molar-refractivity contribution < 1.29 is 15.0 Å². The minimum atomic E-state index is -0.458. The van der Waals surface area contributed by atoms with Crippen LogP contribution in [0.5, 0.6) is 5.75 Å². The molecule has 0 bridgehead atoms. The molecule has 0 spiro atoms. The van der Waals surface area contributed by atoms with Gasteiger partial charge in [0.05, 0.1) is 5.56 Å². The number of carbonyl (C=O) groups is 1. The molecule has 0 radical (unpaired) electrons. The number of phenols is 1. The van der Waals surface area contributed by atoms with Crippen LogP contribution in [0, 0.1) is 0 Å². The van der Waals surface area contributed by atoms with Crippen LogP contribution < -0.4 is 0 Å². The molecule has 2 rings (SSSR count). The minimum Gasteiger partial charge on any atom is -0.507 e. The lowest BCUT2D eigenvalue weighted by Gasteiger charge is -2.03. The van der Waals surface area contributed by atoms with Gasteiger partial charge in [0.15, 0.2) is 5.78 Å². The van der Waals surface area contributed by atoms with Crippen molar-refractivity contribution in [1.29, 1.82) is 0 Å². The number of carbonyl (C=O) groups excluding carboxylic acids is 1. The Bertz CT molecular complexity index is 633. The van der Waals surface area contributed by atoms with E-state index in [4.69, 9.17) is 0 Å². The molecule has 19 heavy (non-hydrogen) atoms. The molecule has 0 heterocycles. The standard InChI is InChI=1S/C15H11BrO3/c16-11-6-7-13(17)12(8-11)15(19)9-14(18)10-4-2-1-3-5-10/h1-9,17-18H/b14-9-. The van der Waals surface area contributed by atoms with Gasteiger partial charge in [0.1, 0.15) is 11.5 Å². The van der Waals surface area contributed by atoms with Gasteiger partial charge in [-0.3, -0.25) is 4.79 Å². The molecule has 0 aromatic heterocycles. The molecule has 0 aliphatic rings. The molecule has 3 nitrogen and oxygen atoms in total. The number of benzene rings is 2. The normalized spacial score (nSPS) is 11.3. The summed E-state index contributed by atoms with van der Waals surface area (Å²) in [5, 5.41) is 19.5. The summed E-state index contributed by atoms with van der Waals surface area (Å²) in [6.45, 7) is 0. The molecule has 96 valence electrons. The van der Waals surface area contributed by atoms with Crippen molar-refractivity contribution in [1.82, 2.24) is 0 Å². The van der Waals surface area contributed by atoms with Crippen molar-refractivity contribution in [3.8, 4) is 5.75 Å². The van der Waals surface area contributed by atoms with Gasteiger partial charge in [0.25, 0.3) is 0 Å². The summed E-state index contributed by atoms with van der Waals surface area (Å²) in [6, 6.07) is 13.3. The predicted molar refractivity (Wildman–Crippen MR) is 77.2 cm³/mol. The van der Waals surface area contributed by atoms with Gasteiger partial charge in [0, 0.05) is 16.1 Å². The van der Waals surface area contributed by atoms with Crippen LogP contribution in [0.1, 0.15) is 15.9 Å². The molecule has 0 saturated heterocycles. The second kappa shape index (κ2) is 5.71. The molecule has 0 atom stereocenters. The Balaban J connectivity index is 2.33. The van der Waals surface area contributed by atoms with E-state index >= 15 is 0 Å². The first-order valence-electron chi connectivity index (χ1n) is 5.57. The van der Waals surface area contributed by atoms with Crippen LogP contribution >= 0.6 is 15.9 Å². The van der Waals surface area contributed by atoms with Crippen LogP contribution in [0.4, 0.5) is 0 Å². The molecular weight excluding hydrogens is 308 g/mol. The first kappa shape index (κ1) is 13.4. The maximum atomic E-state index is 12.0. The van der Waals surface area contributed by atoms with Crippen LogP contribution in [0.25, 0.3) is 5.76 Å². The lowest BCUT2D eigenvalue weighted by atomic mass is 10.1. The van der Waals surface area contributed by atoms with Crippen LogP contribution in [0.2, 0.25) is 0 Å². The van der Waals surface area contributed by atoms with Crippen LogP contribution in [0.15, 0.2) is 59.1 Å². The highest BCUT2D eigenvalue weighted by Crippen LogP contribution is 2.23. The lowest BCUT2D eigenvalue weighted by Crippen LogP contribution is -1.97. The van der Waals surface area contributed by atoms with Crippen LogP contribution in [-0.2, 0) is 0 Å². The van der Waals surface area contributed by atoms with E-state index in [-0.39, 0.29) is 17.1 Å². The summed E-state index contributed by atoms with van der Waals surface area (Å²) >= 11 is 3.23. The van der Waals surface area contributed by atoms with E-state index in [0.29, 0.717) is 10.0 Å². The van der Waals surface area contributed by atoms with Crippen molar-refractivity contribution >= 4 is 27.5 Å². The van der Waals surface area contributed by atoms with E-state index in [1.54, 1.807) is 30.3 Å². The smallest absolute Gasteiger partial charge is 0.193 e. The van der Waals surface area contributed by atoms with Gasteiger partial charge in [-0.2, -0.15) is 0 Å². The van der Waals surface area contributed by atoms with Gasteiger partial charge in [-0.1, -0.05) is 46.3 Å². The highest BCUT2D eigenvalue weighted by molar-refractivity contribution is 9.10. The number of phenolic OH excluding ortho intramolecular Hbond substituents is 1. The van der Waals surface area contributed by atoms with Gasteiger partial charge in [-0.05, 0) is 18.2 Å². The zero-order valence-corrected chi connectivity index (χ0v) is 11.5. The first-order chi connectivity index (χ1) is 9.08. The third-order valence-corrected chi connectivity index (χ3v) is 3.05. The van der Waals surface area contributed by atoms with Gasteiger partial charge in [0.2, 0.25) is 0 Å². The second-order valence-electron chi connectivity index (χ2n) is 3.92. The largest absolute Gasteiger partial charge is 0.507 e.